The monoisotopic (exact) mass is 467 g/mol. The maximum atomic E-state index is 13.3. The first kappa shape index (κ1) is 21.1. The standard InChI is InChI=1S/C24H29N5O3S/c1-5-24-11-7-12-28-13-10-16-20-17(8-6-9-19(20)33(30,31)27(3)4)29(21(16)22(24)28)18(14-24)23-25-15(2)26-32-23/h6,8-9,14,22H,5,7,10-13H2,1-4H3/t22-,24+/m1/s1. The Morgan fingerprint density at radius 1 is 1.27 bits per heavy atom. The van der Waals surface area contributed by atoms with Crippen molar-refractivity contribution in [1.82, 2.24) is 23.9 Å². The zero-order chi connectivity index (χ0) is 23.1. The van der Waals surface area contributed by atoms with Crippen LogP contribution in [0.5, 0.6) is 0 Å². The summed E-state index contributed by atoms with van der Waals surface area (Å²) in [7, 11) is -0.430. The summed E-state index contributed by atoms with van der Waals surface area (Å²) >= 11 is 0. The van der Waals surface area contributed by atoms with Gasteiger partial charge in [0.05, 0.1) is 16.5 Å². The van der Waals surface area contributed by atoms with Gasteiger partial charge in [-0.2, -0.15) is 4.98 Å². The summed E-state index contributed by atoms with van der Waals surface area (Å²) in [6.07, 6.45) is 6.39. The molecular formula is C24H29N5O3S. The number of aromatic nitrogens is 3. The summed E-state index contributed by atoms with van der Waals surface area (Å²) in [5, 5.41) is 4.89. The molecule has 0 saturated carbocycles. The van der Waals surface area contributed by atoms with Crippen molar-refractivity contribution in [3.63, 3.8) is 0 Å². The summed E-state index contributed by atoms with van der Waals surface area (Å²) in [4.78, 5) is 7.55. The molecule has 1 saturated heterocycles. The minimum atomic E-state index is -3.61. The van der Waals surface area contributed by atoms with Crippen molar-refractivity contribution < 1.29 is 12.9 Å². The van der Waals surface area contributed by atoms with Crippen molar-refractivity contribution in [3.05, 3.63) is 47.2 Å². The molecule has 8 nitrogen and oxygen atoms in total. The fourth-order valence-electron chi connectivity index (χ4n) is 6.31. The van der Waals surface area contributed by atoms with Crippen LogP contribution in [-0.4, -0.2) is 59.5 Å². The van der Waals surface area contributed by atoms with E-state index in [9.17, 15) is 8.42 Å². The van der Waals surface area contributed by atoms with Crippen LogP contribution in [0.15, 0.2) is 33.7 Å². The number of fused-ring (bicyclic) bond motifs is 3. The fourth-order valence-corrected chi connectivity index (χ4v) is 7.44. The second-order valence-corrected chi connectivity index (χ2v) is 11.8. The number of rotatable bonds is 4. The fraction of sp³-hybridized carbons (Fsp3) is 0.500. The number of benzene rings is 1. The predicted octanol–water partition coefficient (Wildman–Crippen LogP) is 3.58. The van der Waals surface area contributed by atoms with Gasteiger partial charge in [0.1, 0.15) is 5.70 Å². The predicted molar refractivity (Wildman–Crippen MR) is 125 cm³/mol. The Labute approximate surface area is 193 Å². The highest BCUT2D eigenvalue weighted by Crippen LogP contribution is 2.58. The molecule has 3 aliphatic rings. The summed E-state index contributed by atoms with van der Waals surface area (Å²) in [5.74, 6) is 1.08. The Morgan fingerprint density at radius 2 is 2.09 bits per heavy atom. The summed E-state index contributed by atoms with van der Waals surface area (Å²) in [6, 6.07) is 5.81. The highest BCUT2D eigenvalue weighted by Gasteiger charge is 2.51. The molecule has 0 unspecified atom stereocenters. The highest BCUT2D eigenvalue weighted by atomic mass is 32.2. The van der Waals surface area contributed by atoms with Crippen LogP contribution in [0, 0.1) is 12.3 Å². The topological polar surface area (TPSA) is 84.5 Å². The molecule has 0 aliphatic carbocycles. The molecule has 5 heterocycles. The third-order valence-corrected chi connectivity index (χ3v) is 9.69. The van der Waals surface area contributed by atoms with Crippen LogP contribution in [0.25, 0.3) is 16.6 Å². The molecule has 0 spiro atoms. The van der Waals surface area contributed by atoms with Crippen molar-refractivity contribution in [2.45, 2.75) is 50.5 Å². The van der Waals surface area contributed by atoms with E-state index in [4.69, 9.17) is 4.52 Å². The summed E-state index contributed by atoms with van der Waals surface area (Å²) < 4.78 is 35.9. The second kappa shape index (κ2) is 7.01. The van der Waals surface area contributed by atoms with Gasteiger partial charge in [-0.25, -0.2) is 12.7 Å². The molecule has 0 bridgehead atoms. The maximum Gasteiger partial charge on any atom is 0.274 e. The van der Waals surface area contributed by atoms with E-state index in [-0.39, 0.29) is 11.5 Å². The van der Waals surface area contributed by atoms with Crippen LogP contribution in [0.3, 0.4) is 0 Å². The first-order chi connectivity index (χ1) is 15.8. The van der Waals surface area contributed by atoms with E-state index in [0.29, 0.717) is 16.6 Å². The SMILES string of the molecule is CC[C@@]12C=C(c3nc(C)no3)n3c4c(c5c(S(=O)(=O)N(C)C)cccc53)CCN(CCC1)[C@H]42. The quantitative estimate of drug-likeness (QED) is 0.583. The van der Waals surface area contributed by atoms with Crippen LogP contribution in [0.1, 0.15) is 55.2 Å². The number of sulfonamides is 1. The zero-order valence-electron chi connectivity index (χ0n) is 19.5. The van der Waals surface area contributed by atoms with E-state index in [1.165, 1.54) is 10.00 Å². The molecule has 2 atom stereocenters. The normalized spacial score (nSPS) is 24.9. The van der Waals surface area contributed by atoms with Gasteiger partial charge in [-0.05, 0) is 62.9 Å². The Hall–Kier alpha value is -2.49. The molecular weight excluding hydrogens is 438 g/mol. The van der Waals surface area contributed by atoms with Gasteiger partial charge in [0.25, 0.3) is 5.89 Å². The van der Waals surface area contributed by atoms with Gasteiger partial charge < -0.3 is 9.09 Å². The third-order valence-electron chi connectivity index (χ3n) is 7.83. The van der Waals surface area contributed by atoms with Crippen molar-refractivity contribution >= 4 is 26.6 Å². The molecule has 9 heteroatoms. The molecule has 3 aliphatic heterocycles. The van der Waals surface area contributed by atoms with Crippen LogP contribution < -0.4 is 0 Å². The molecule has 3 aromatic rings. The number of piperidine rings is 1. The van der Waals surface area contributed by atoms with Crippen molar-refractivity contribution in [1.29, 1.82) is 0 Å². The lowest BCUT2D eigenvalue weighted by molar-refractivity contribution is 0.0269. The zero-order valence-corrected chi connectivity index (χ0v) is 20.3. The molecule has 174 valence electrons. The average molecular weight is 468 g/mol. The van der Waals surface area contributed by atoms with Crippen molar-refractivity contribution in [2.24, 2.45) is 5.41 Å². The largest absolute Gasteiger partial charge is 0.332 e. The number of hydrogen-bond donors (Lipinski definition) is 0. The van der Waals surface area contributed by atoms with Crippen molar-refractivity contribution in [2.75, 3.05) is 27.2 Å². The van der Waals surface area contributed by atoms with Crippen LogP contribution in [-0.2, 0) is 16.4 Å². The lowest BCUT2D eigenvalue weighted by atomic mass is 9.66. The van der Waals surface area contributed by atoms with Crippen LogP contribution in [0.4, 0.5) is 0 Å². The molecule has 1 fully saturated rings. The van der Waals surface area contributed by atoms with Gasteiger partial charge in [0.15, 0.2) is 5.82 Å². The molecule has 33 heavy (non-hydrogen) atoms. The Bertz CT molecular complexity index is 1420. The molecule has 2 aromatic heterocycles. The Morgan fingerprint density at radius 3 is 2.79 bits per heavy atom. The lowest BCUT2D eigenvalue weighted by Gasteiger charge is -2.53. The van der Waals surface area contributed by atoms with E-state index in [1.807, 2.05) is 19.1 Å². The minimum absolute atomic E-state index is 0.0455. The Kier molecular flexibility index (Phi) is 4.47. The molecule has 6 rings (SSSR count). The molecule has 0 amide bonds. The van der Waals surface area contributed by atoms with Crippen LogP contribution in [0.2, 0.25) is 0 Å². The third kappa shape index (κ3) is 2.73. The minimum Gasteiger partial charge on any atom is -0.332 e. The van der Waals surface area contributed by atoms with E-state index in [0.717, 1.165) is 60.9 Å². The first-order valence-electron chi connectivity index (χ1n) is 11.6. The highest BCUT2D eigenvalue weighted by molar-refractivity contribution is 7.89. The number of aryl methyl sites for hydroxylation is 1. The average Bonchev–Trinajstić information content (AvgIpc) is 3.39. The van der Waals surface area contributed by atoms with Gasteiger partial charge in [-0.1, -0.05) is 18.1 Å². The number of hydrogen-bond acceptors (Lipinski definition) is 6. The van der Waals surface area contributed by atoms with E-state index < -0.39 is 10.0 Å². The van der Waals surface area contributed by atoms with Gasteiger partial charge in [-0.3, -0.25) is 4.90 Å². The maximum absolute atomic E-state index is 13.3. The molecule has 0 N–H and O–H groups in total. The number of nitrogens with zero attached hydrogens (tertiary/aromatic N) is 5. The summed E-state index contributed by atoms with van der Waals surface area (Å²) in [5.41, 5.74) is 4.07. The van der Waals surface area contributed by atoms with Gasteiger partial charge in [-0.15, -0.1) is 0 Å². The van der Waals surface area contributed by atoms with Gasteiger partial charge in [0, 0.05) is 37.1 Å². The van der Waals surface area contributed by atoms with Crippen LogP contribution >= 0.6 is 0 Å². The lowest BCUT2D eigenvalue weighted by Crippen LogP contribution is -2.50. The molecule has 1 aromatic carbocycles. The molecule has 0 radical (unpaired) electrons. The smallest absolute Gasteiger partial charge is 0.274 e. The van der Waals surface area contributed by atoms with E-state index >= 15 is 0 Å². The van der Waals surface area contributed by atoms with Crippen molar-refractivity contribution in [3.8, 4) is 0 Å². The van der Waals surface area contributed by atoms with Gasteiger partial charge in [0.2, 0.25) is 10.0 Å². The Balaban J connectivity index is 1.75. The van der Waals surface area contributed by atoms with E-state index in [1.54, 1.807) is 20.2 Å². The van der Waals surface area contributed by atoms with E-state index in [2.05, 4.69) is 32.6 Å². The van der Waals surface area contributed by atoms with Gasteiger partial charge >= 0.3 is 0 Å². The first-order valence-corrected chi connectivity index (χ1v) is 13.1. The second-order valence-electron chi connectivity index (χ2n) is 9.69. The summed E-state index contributed by atoms with van der Waals surface area (Å²) in [6.45, 7) is 6.09.